The minimum absolute atomic E-state index is 0.0324. The third-order valence-corrected chi connectivity index (χ3v) is 2.86. The molecule has 1 saturated heterocycles. The lowest BCUT2D eigenvalue weighted by molar-refractivity contribution is -0.932. The van der Waals surface area contributed by atoms with Gasteiger partial charge < -0.3 is 16.0 Å². The number of rotatable bonds is 0. The summed E-state index contributed by atoms with van der Waals surface area (Å²) < 4.78 is 0. The molecule has 3 nitrogen and oxygen atoms in total. The molecule has 1 fully saturated rings. The van der Waals surface area contributed by atoms with E-state index in [2.05, 4.69) is 0 Å². The molecule has 3 N–H and O–H groups in total. The zero-order valence-electron chi connectivity index (χ0n) is 7.77. The molecule has 0 amide bonds. The van der Waals surface area contributed by atoms with Crippen LogP contribution < -0.4 is 10.8 Å². The van der Waals surface area contributed by atoms with Crippen molar-refractivity contribution in [3.8, 4) is 0 Å². The van der Waals surface area contributed by atoms with Gasteiger partial charge in [0.05, 0.1) is 11.6 Å². The van der Waals surface area contributed by atoms with Crippen LogP contribution in [0.5, 0.6) is 0 Å². The van der Waals surface area contributed by atoms with E-state index in [1.54, 1.807) is 0 Å². The molecule has 0 aromatic carbocycles. The molecule has 2 atom stereocenters. The Morgan fingerprint density at radius 3 is 1.91 bits per heavy atom. The molecule has 0 aliphatic carbocycles. The van der Waals surface area contributed by atoms with Crippen molar-refractivity contribution < 1.29 is 5.06 Å². The van der Waals surface area contributed by atoms with Gasteiger partial charge in [-0.15, -0.1) is 0 Å². The SMILES string of the molecule is CC1(C)CC(N)C(C)(C)[NH+]1[O-]. The minimum Gasteiger partial charge on any atom is -0.633 e. The Hall–Kier alpha value is -0.120. The van der Waals surface area contributed by atoms with Gasteiger partial charge >= 0.3 is 0 Å². The van der Waals surface area contributed by atoms with Crippen LogP contribution in [0.25, 0.3) is 0 Å². The molecule has 1 aliphatic rings. The van der Waals surface area contributed by atoms with Gasteiger partial charge in [0.2, 0.25) is 0 Å². The molecule has 11 heavy (non-hydrogen) atoms. The summed E-state index contributed by atoms with van der Waals surface area (Å²) in [6.45, 7) is 7.83. The summed E-state index contributed by atoms with van der Waals surface area (Å²) in [5.41, 5.74) is 5.34. The van der Waals surface area contributed by atoms with Crippen molar-refractivity contribution in [1.82, 2.24) is 0 Å². The lowest BCUT2D eigenvalue weighted by Gasteiger charge is -2.40. The van der Waals surface area contributed by atoms with E-state index in [9.17, 15) is 5.21 Å². The van der Waals surface area contributed by atoms with Gasteiger partial charge in [-0.05, 0) is 27.7 Å². The summed E-state index contributed by atoms with van der Waals surface area (Å²) in [6, 6.07) is 0.0324. The lowest BCUT2D eigenvalue weighted by atomic mass is 9.95. The van der Waals surface area contributed by atoms with E-state index in [4.69, 9.17) is 5.73 Å². The summed E-state index contributed by atoms with van der Waals surface area (Å²) in [5.74, 6) is 0. The van der Waals surface area contributed by atoms with Gasteiger partial charge in [0.25, 0.3) is 0 Å². The predicted molar refractivity (Wildman–Crippen MR) is 45.1 cm³/mol. The lowest BCUT2D eigenvalue weighted by Crippen LogP contribution is -3.20. The summed E-state index contributed by atoms with van der Waals surface area (Å²) in [7, 11) is 0. The van der Waals surface area contributed by atoms with Crippen molar-refractivity contribution in [2.24, 2.45) is 5.73 Å². The minimum atomic E-state index is -0.316. The number of hydrogen-bond donors (Lipinski definition) is 2. The first kappa shape index (κ1) is 8.97. The Morgan fingerprint density at radius 1 is 1.36 bits per heavy atom. The maximum Gasteiger partial charge on any atom is 0.108 e. The van der Waals surface area contributed by atoms with E-state index in [-0.39, 0.29) is 17.1 Å². The third-order valence-electron chi connectivity index (χ3n) is 2.86. The summed E-state index contributed by atoms with van der Waals surface area (Å²) in [5, 5.41) is 12.0. The topological polar surface area (TPSA) is 53.5 Å². The van der Waals surface area contributed by atoms with E-state index < -0.39 is 0 Å². The Bertz CT molecular complexity index is 165. The molecule has 0 radical (unpaired) electrons. The second-order valence-electron chi connectivity index (χ2n) is 4.75. The van der Waals surface area contributed by atoms with Crippen molar-refractivity contribution in [1.29, 1.82) is 0 Å². The smallest absolute Gasteiger partial charge is 0.108 e. The first-order valence-corrected chi connectivity index (χ1v) is 4.09. The Labute approximate surface area is 68.1 Å². The van der Waals surface area contributed by atoms with Crippen LogP contribution in [0.1, 0.15) is 34.1 Å². The summed E-state index contributed by atoms with van der Waals surface area (Å²) in [4.78, 5) is 0. The fourth-order valence-corrected chi connectivity index (χ4v) is 1.94. The molecular weight excluding hydrogens is 140 g/mol. The van der Waals surface area contributed by atoms with Gasteiger partial charge in [-0.25, -0.2) is 0 Å². The zero-order chi connectivity index (χ0) is 8.86. The van der Waals surface area contributed by atoms with Gasteiger partial charge in [-0.3, -0.25) is 0 Å². The third kappa shape index (κ3) is 1.17. The van der Waals surface area contributed by atoms with Crippen LogP contribution in [0.4, 0.5) is 0 Å². The number of hydrogen-bond acceptors (Lipinski definition) is 2. The summed E-state index contributed by atoms with van der Waals surface area (Å²) >= 11 is 0. The van der Waals surface area contributed by atoms with Gasteiger partial charge in [-0.2, -0.15) is 0 Å². The largest absolute Gasteiger partial charge is 0.633 e. The first-order chi connectivity index (χ1) is 4.78. The van der Waals surface area contributed by atoms with Crippen molar-refractivity contribution in [2.75, 3.05) is 0 Å². The quantitative estimate of drug-likeness (QED) is 0.474. The molecular formula is C8H18N2O. The van der Waals surface area contributed by atoms with Gasteiger partial charge in [0.15, 0.2) is 0 Å². The van der Waals surface area contributed by atoms with Gasteiger partial charge in [-0.1, -0.05) is 0 Å². The summed E-state index contributed by atoms with van der Waals surface area (Å²) in [6.07, 6.45) is 0.818. The Balaban J connectivity index is 2.89. The second kappa shape index (κ2) is 2.19. The fraction of sp³-hybridized carbons (Fsp3) is 1.00. The van der Waals surface area contributed by atoms with E-state index in [1.165, 1.54) is 0 Å². The number of nitrogens with one attached hydrogen (secondary N) is 1. The van der Waals surface area contributed by atoms with Crippen LogP contribution in [0.15, 0.2) is 0 Å². The highest BCUT2D eigenvalue weighted by Crippen LogP contribution is 2.22. The van der Waals surface area contributed by atoms with Crippen LogP contribution in [0, 0.1) is 5.21 Å². The van der Waals surface area contributed by atoms with Crippen LogP contribution in [0.3, 0.4) is 0 Å². The molecule has 0 aromatic heterocycles. The Morgan fingerprint density at radius 2 is 1.82 bits per heavy atom. The molecule has 0 bridgehead atoms. The molecule has 66 valence electrons. The average Bonchev–Trinajstić information content (AvgIpc) is 1.94. The van der Waals surface area contributed by atoms with Gasteiger partial charge in [0.1, 0.15) is 5.54 Å². The van der Waals surface area contributed by atoms with Gasteiger partial charge in [0, 0.05) is 6.42 Å². The van der Waals surface area contributed by atoms with Crippen LogP contribution in [-0.4, -0.2) is 17.1 Å². The normalized spacial score (nSPS) is 40.9. The van der Waals surface area contributed by atoms with Crippen LogP contribution in [-0.2, 0) is 0 Å². The molecule has 0 aromatic rings. The van der Waals surface area contributed by atoms with Crippen molar-refractivity contribution in [3.05, 3.63) is 5.21 Å². The Kier molecular flexibility index (Phi) is 1.78. The molecule has 1 heterocycles. The van der Waals surface area contributed by atoms with Crippen LogP contribution >= 0.6 is 0 Å². The average molecular weight is 158 g/mol. The second-order valence-corrected chi connectivity index (χ2v) is 4.75. The predicted octanol–water partition coefficient (Wildman–Crippen LogP) is -0.343. The highest BCUT2D eigenvalue weighted by atomic mass is 16.5. The molecule has 0 spiro atoms. The van der Waals surface area contributed by atoms with E-state index >= 15 is 0 Å². The van der Waals surface area contributed by atoms with Crippen LogP contribution in [0.2, 0.25) is 0 Å². The van der Waals surface area contributed by atoms with E-state index in [0.29, 0.717) is 5.06 Å². The number of quaternary nitrogens is 1. The molecule has 1 aliphatic heterocycles. The number of hydroxylamine groups is 2. The van der Waals surface area contributed by atoms with Crippen molar-refractivity contribution in [2.45, 2.75) is 51.2 Å². The number of nitrogens with two attached hydrogens (primary N) is 1. The monoisotopic (exact) mass is 158 g/mol. The first-order valence-electron chi connectivity index (χ1n) is 4.09. The molecule has 0 saturated carbocycles. The van der Waals surface area contributed by atoms with Crippen molar-refractivity contribution >= 4 is 0 Å². The highest BCUT2D eigenvalue weighted by molar-refractivity contribution is 4.94. The maximum absolute atomic E-state index is 11.7. The molecule has 2 unspecified atom stereocenters. The molecule has 3 heteroatoms. The van der Waals surface area contributed by atoms with E-state index in [1.807, 2.05) is 27.7 Å². The standard InChI is InChI=1S/C8H18N2O/c1-7(2)5-6(9)8(3,4)10(7)11/h6,10H,5,9H2,1-4H3. The zero-order valence-corrected chi connectivity index (χ0v) is 7.77. The van der Waals surface area contributed by atoms with E-state index in [0.717, 1.165) is 6.42 Å². The maximum atomic E-state index is 11.7. The molecule has 1 rings (SSSR count). The highest BCUT2D eigenvalue weighted by Gasteiger charge is 2.50. The van der Waals surface area contributed by atoms with Crippen molar-refractivity contribution in [3.63, 3.8) is 0 Å². The fourth-order valence-electron chi connectivity index (χ4n) is 1.94.